The van der Waals surface area contributed by atoms with E-state index in [1.54, 1.807) is 7.11 Å². The molecule has 1 fully saturated rings. The van der Waals surface area contributed by atoms with Gasteiger partial charge in [-0.15, -0.1) is 0 Å². The number of aliphatic hydroxyl groups is 1. The summed E-state index contributed by atoms with van der Waals surface area (Å²) >= 11 is 2.43. The average Bonchev–Trinajstić information content (AvgIpc) is 3.63. The summed E-state index contributed by atoms with van der Waals surface area (Å²) in [6.45, 7) is 36.4. The summed E-state index contributed by atoms with van der Waals surface area (Å²) in [7, 11) is -2.48. The Hall–Kier alpha value is -1.03. The minimum atomic E-state index is -2.19. The van der Waals surface area contributed by atoms with Gasteiger partial charge in [0.25, 0.3) is 0 Å². The average molecular weight is 999 g/mol. The van der Waals surface area contributed by atoms with E-state index in [1.807, 2.05) is 12.1 Å². The van der Waals surface area contributed by atoms with Gasteiger partial charge in [-0.25, -0.2) is 0 Å². The Balaban J connectivity index is 2.33. The maximum absolute atomic E-state index is 14.3. The van der Waals surface area contributed by atoms with E-state index in [9.17, 15) is 9.90 Å². The topological polar surface area (TPSA) is 83.5 Å². The first-order valence-electron chi connectivity index (χ1n) is 23.8. The molecule has 1 saturated carbocycles. The molecular formula is C51H91IO7Si2. The molecule has 0 heterocycles. The van der Waals surface area contributed by atoms with Crippen molar-refractivity contribution < 1.29 is 33.0 Å². The lowest BCUT2D eigenvalue weighted by Crippen LogP contribution is -2.48. The van der Waals surface area contributed by atoms with E-state index in [4.69, 9.17) is 23.1 Å². The van der Waals surface area contributed by atoms with E-state index < -0.39 is 16.6 Å². The zero-order chi connectivity index (χ0) is 46.1. The number of methoxy groups -OCH3 is 1. The molecule has 0 aliphatic heterocycles. The Morgan fingerprint density at radius 3 is 2.03 bits per heavy atom. The van der Waals surface area contributed by atoms with E-state index in [0.29, 0.717) is 66.5 Å². The SMILES string of the molecule is COc1ccc(COC[C@@H]2CCC[C@H]2[C@H](C/C=C/C=C(\I)CO[Si](C(C)C)(C(C)C)C(C)C)OC(=O)C[C@H](O[Si](C)(C)C(C)(C)C)[C@@H](C)C[C@@H](C)C[C@@H](C)C[C@H](C)CO)cc1. The summed E-state index contributed by atoms with van der Waals surface area (Å²) in [6, 6.07) is 8.06. The number of carbonyl (C=O) groups excluding carboxylic acids is 1. The van der Waals surface area contributed by atoms with E-state index in [2.05, 4.69) is 156 Å². The van der Waals surface area contributed by atoms with Gasteiger partial charge < -0.3 is 28.2 Å². The van der Waals surface area contributed by atoms with E-state index in [-0.39, 0.29) is 48.1 Å². The Bertz CT molecular complexity index is 1430. The van der Waals surface area contributed by atoms with Crippen molar-refractivity contribution in [1.82, 2.24) is 0 Å². The molecule has 0 spiro atoms. The molecule has 1 aliphatic carbocycles. The van der Waals surface area contributed by atoms with Crippen molar-refractivity contribution >= 4 is 45.2 Å². The van der Waals surface area contributed by atoms with Crippen LogP contribution in [0.2, 0.25) is 34.8 Å². The molecule has 1 aromatic rings. The first-order chi connectivity index (χ1) is 28.5. The molecule has 8 atom stereocenters. The number of allylic oxidation sites excluding steroid dienone is 2. The smallest absolute Gasteiger partial charge is 0.308 e. The fourth-order valence-electron chi connectivity index (χ4n) is 9.97. The summed E-state index contributed by atoms with van der Waals surface area (Å²) in [5.41, 5.74) is 2.73. The molecule has 7 nitrogen and oxygen atoms in total. The highest BCUT2D eigenvalue weighted by Gasteiger charge is 2.45. The van der Waals surface area contributed by atoms with Gasteiger partial charge in [-0.1, -0.05) is 127 Å². The van der Waals surface area contributed by atoms with Crippen molar-refractivity contribution in [2.75, 3.05) is 26.9 Å². The molecule has 61 heavy (non-hydrogen) atoms. The van der Waals surface area contributed by atoms with Crippen molar-refractivity contribution in [3.05, 3.63) is 51.6 Å². The number of carbonyl (C=O) groups is 1. The summed E-state index contributed by atoms with van der Waals surface area (Å²) in [5, 5.41) is 9.65. The molecule has 1 aliphatic rings. The maximum Gasteiger partial charge on any atom is 0.308 e. The molecular weight excluding hydrogens is 908 g/mol. The molecule has 0 aromatic heterocycles. The standard InChI is InChI=1S/C51H91IO7Si2/c1-36(2)61(37(3)4,38(5)6)57-35-45(52)21-17-18-23-48(47-22-19-20-44(47)34-56-33-43-24-26-46(55-14)27-25-43)58-50(54)31-49(59-60(15,16)51(11,12)13)42(10)30-40(8)28-39(7)29-41(9)32-53/h17-18,21,24-27,36-42,44,47-49,53H,19-20,22-23,28-35H2,1-16H3/b18-17+,45-21-/t39-,40+,41+,42+,44+,47-,48+,49+/m1/s1. The van der Waals surface area contributed by atoms with Gasteiger partial charge >= 0.3 is 5.97 Å². The predicted molar refractivity (Wildman–Crippen MR) is 271 cm³/mol. The monoisotopic (exact) mass is 999 g/mol. The summed E-state index contributed by atoms with van der Waals surface area (Å²) < 4.78 is 33.5. The molecule has 0 amide bonds. The van der Waals surface area contributed by atoms with Crippen molar-refractivity contribution in [2.24, 2.45) is 35.5 Å². The molecule has 0 bridgehead atoms. The van der Waals surface area contributed by atoms with Gasteiger partial charge in [0.2, 0.25) is 8.32 Å². The third-order valence-electron chi connectivity index (χ3n) is 14.1. The number of esters is 1. The predicted octanol–water partition coefficient (Wildman–Crippen LogP) is 14.5. The van der Waals surface area contributed by atoms with Crippen LogP contribution in [0.4, 0.5) is 0 Å². The molecule has 0 saturated heterocycles. The molecule has 1 aromatic carbocycles. The Morgan fingerprint density at radius 1 is 0.885 bits per heavy atom. The number of rotatable bonds is 28. The minimum absolute atomic E-state index is 0.0176. The van der Waals surface area contributed by atoms with Gasteiger partial charge in [0.1, 0.15) is 11.9 Å². The third-order valence-corrected chi connectivity index (χ3v) is 25.4. The van der Waals surface area contributed by atoms with Crippen LogP contribution in [0.15, 0.2) is 46.1 Å². The molecule has 0 unspecified atom stereocenters. The van der Waals surface area contributed by atoms with Gasteiger partial charge in [-0.3, -0.25) is 4.79 Å². The van der Waals surface area contributed by atoms with Crippen LogP contribution in [0.1, 0.15) is 147 Å². The lowest BCUT2D eigenvalue weighted by Gasteiger charge is -2.42. The van der Waals surface area contributed by atoms with Crippen molar-refractivity contribution in [1.29, 1.82) is 0 Å². The summed E-state index contributed by atoms with van der Waals surface area (Å²) in [4.78, 5) is 14.3. The third kappa shape index (κ3) is 18.4. The zero-order valence-corrected chi connectivity index (χ0v) is 45.8. The fourth-order valence-corrected chi connectivity index (χ4v) is 17.5. The van der Waals surface area contributed by atoms with Gasteiger partial charge in [-0.05, 0) is 137 Å². The van der Waals surface area contributed by atoms with Crippen LogP contribution in [0.5, 0.6) is 5.75 Å². The largest absolute Gasteiger partial charge is 0.497 e. The van der Waals surface area contributed by atoms with Crippen LogP contribution in [-0.2, 0) is 29.7 Å². The van der Waals surface area contributed by atoms with Crippen LogP contribution in [0, 0.1) is 35.5 Å². The van der Waals surface area contributed by atoms with Crippen molar-refractivity contribution in [3.8, 4) is 5.75 Å². The van der Waals surface area contributed by atoms with Gasteiger partial charge in [0.15, 0.2) is 8.32 Å². The molecule has 2 rings (SSSR count). The normalized spacial score (nSPS) is 20.0. The number of halogens is 1. The number of ether oxygens (including phenoxy) is 3. The van der Waals surface area contributed by atoms with Crippen LogP contribution in [0.3, 0.4) is 0 Å². The van der Waals surface area contributed by atoms with Crippen LogP contribution >= 0.6 is 22.6 Å². The Labute approximate surface area is 390 Å². The lowest BCUT2D eigenvalue weighted by molar-refractivity contribution is -0.155. The highest BCUT2D eigenvalue weighted by Crippen LogP contribution is 2.43. The second kappa shape index (κ2) is 26.8. The second-order valence-corrected chi connectivity index (χ2v) is 33.0. The molecule has 0 radical (unpaired) electrons. The molecule has 10 heteroatoms. The zero-order valence-electron chi connectivity index (χ0n) is 41.7. The first kappa shape index (κ1) is 56.1. The second-order valence-electron chi connectivity index (χ2n) is 21.4. The summed E-state index contributed by atoms with van der Waals surface area (Å²) in [5.74, 6) is 2.72. The number of benzene rings is 1. The molecule has 352 valence electrons. The highest BCUT2D eigenvalue weighted by molar-refractivity contribution is 14.1. The fraction of sp³-hybridized carbons (Fsp3) is 0.784. The number of aliphatic hydroxyl groups excluding tert-OH is 1. The van der Waals surface area contributed by atoms with Gasteiger partial charge in [-0.2, -0.15) is 0 Å². The quantitative estimate of drug-likeness (QED) is 0.0387. The summed E-state index contributed by atoms with van der Waals surface area (Å²) in [6.07, 6.45) is 13.2. The minimum Gasteiger partial charge on any atom is -0.497 e. The van der Waals surface area contributed by atoms with Crippen molar-refractivity contribution in [3.63, 3.8) is 0 Å². The van der Waals surface area contributed by atoms with E-state index >= 15 is 0 Å². The first-order valence-corrected chi connectivity index (χ1v) is 29.9. The maximum atomic E-state index is 14.3. The Kier molecular flexibility index (Phi) is 24.7. The van der Waals surface area contributed by atoms with E-state index in [1.165, 1.54) is 3.58 Å². The number of hydrogen-bond donors (Lipinski definition) is 1. The van der Waals surface area contributed by atoms with Gasteiger partial charge in [0.05, 0.1) is 39.5 Å². The van der Waals surface area contributed by atoms with Crippen LogP contribution < -0.4 is 4.74 Å². The number of hydrogen-bond acceptors (Lipinski definition) is 7. The lowest BCUT2D eigenvalue weighted by atomic mass is 9.84. The van der Waals surface area contributed by atoms with E-state index in [0.717, 1.165) is 49.8 Å². The van der Waals surface area contributed by atoms with Gasteiger partial charge in [0, 0.05) is 22.5 Å². The molecule has 1 N–H and O–H groups in total. The van der Waals surface area contributed by atoms with Crippen molar-refractivity contribution in [2.45, 2.75) is 195 Å². The van der Waals surface area contributed by atoms with Crippen LogP contribution in [-0.4, -0.2) is 66.8 Å². The van der Waals surface area contributed by atoms with Crippen LogP contribution in [0.25, 0.3) is 0 Å². The highest BCUT2D eigenvalue weighted by atomic mass is 127. The Morgan fingerprint density at radius 2 is 1.48 bits per heavy atom.